The molecule has 0 atom stereocenters. The summed E-state index contributed by atoms with van der Waals surface area (Å²) >= 11 is 0. The van der Waals surface area contributed by atoms with E-state index in [9.17, 15) is 13.2 Å². The first-order valence-electron chi connectivity index (χ1n) is 10.4. The minimum absolute atomic E-state index is 0.143. The van der Waals surface area contributed by atoms with E-state index >= 15 is 0 Å². The van der Waals surface area contributed by atoms with Crippen molar-refractivity contribution in [2.45, 2.75) is 12.8 Å². The van der Waals surface area contributed by atoms with E-state index in [-0.39, 0.29) is 18.9 Å². The van der Waals surface area contributed by atoms with Crippen molar-refractivity contribution < 1.29 is 22.7 Å². The minimum atomic E-state index is -3.47. The molecule has 0 aliphatic rings. The van der Waals surface area contributed by atoms with Gasteiger partial charge in [0.15, 0.2) is 0 Å². The fraction of sp³-hybridized carbons (Fsp3) is 0.292. The van der Waals surface area contributed by atoms with Gasteiger partial charge in [0, 0.05) is 13.0 Å². The van der Waals surface area contributed by atoms with E-state index in [0.29, 0.717) is 31.0 Å². The number of hydrogen-bond acceptors (Lipinski definition) is 5. The van der Waals surface area contributed by atoms with Crippen LogP contribution in [0.15, 0.2) is 66.7 Å². The van der Waals surface area contributed by atoms with E-state index in [1.54, 1.807) is 37.4 Å². The van der Waals surface area contributed by atoms with Gasteiger partial charge in [-0.2, -0.15) is 0 Å². The number of benzene rings is 3. The highest BCUT2D eigenvalue weighted by Gasteiger charge is 2.18. The number of nitrogens with one attached hydrogen (secondary N) is 1. The van der Waals surface area contributed by atoms with Gasteiger partial charge in [-0.25, -0.2) is 8.42 Å². The molecule has 0 spiro atoms. The molecule has 7 nitrogen and oxygen atoms in total. The van der Waals surface area contributed by atoms with Crippen LogP contribution in [-0.2, 0) is 14.8 Å². The summed E-state index contributed by atoms with van der Waals surface area (Å²) in [6.07, 6.45) is 1.81. The molecule has 0 saturated carbocycles. The Balaban J connectivity index is 1.46. The summed E-state index contributed by atoms with van der Waals surface area (Å²) in [5.74, 6) is 1.30. The monoisotopic (exact) mass is 456 g/mol. The lowest BCUT2D eigenvalue weighted by Gasteiger charge is -2.22. The Bertz CT molecular complexity index is 1150. The SMILES string of the molecule is COc1ccc(OCCNC(=O)CCCN(c2ccc3ccccc3c2)S(C)(=O)=O)cc1. The van der Waals surface area contributed by atoms with Crippen LogP contribution in [0.1, 0.15) is 12.8 Å². The number of methoxy groups -OCH3 is 1. The van der Waals surface area contributed by atoms with Gasteiger partial charge in [0.1, 0.15) is 18.1 Å². The van der Waals surface area contributed by atoms with Crippen molar-refractivity contribution in [2.75, 3.05) is 37.4 Å². The Kier molecular flexibility index (Phi) is 7.94. The molecule has 0 aliphatic heterocycles. The van der Waals surface area contributed by atoms with E-state index in [4.69, 9.17) is 9.47 Å². The van der Waals surface area contributed by atoms with Gasteiger partial charge in [0.25, 0.3) is 0 Å². The maximum absolute atomic E-state index is 12.3. The summed E-state index contributed by atoms with van der Waals surface area (Å²) in [5.41, 5.74) is 0.597. The first-order valence-corrected chi connectivity index (χ1v) is 12.2. The number of sulfonamides is 1. The highest BCUT2D eigenvalue weighted by molar-refractivity contribution is 7.92. The average molecular weight is 457 g/mol. The zero-order chi connectivity index (χ0) is 23.0. The number of fused-ring (bicyclic) bond motifs is 1. The molecule has 0 aliphatic carbocycles. The van der Waals surface area contributed by atoms with Gasteiger partial charge in [-0.1, -0.05) is 30.3 Å². The molecule has 0 fully saturated rings. The summed E-state index contributed by atoms with van der Waals surface area (Å²) in [7, 11) is -1.87. The van der Waals surface area contributed by atoms with Gasteiger partial charge >= 0.3 is 0 Å². The van der Waals surface area contributed by atoms with Crippen LogP contribution < -0.4 is 19.1 Å². The lowest BCUT2D eigenvalue weighted by molar-refractivity contribution is -0.121. The molecule has 8 heteroatoms. The fourth-order valence-corrected chi connectivity index (χ4v) is 4.28. The molecule has 170 valence electrons. The van der Waals surface area contributed by atoms with Gasteiger partial charge in [0.2, 0.25) is 15.9 Å². The number of carbonyl (C=O) groups excluding carboxylic acids is 1. The lowest BCUT2D eigenvalue weighted by Crippen LogP contribution is -2.32. The van der Waals surface area contributed by atoms with Crippen LogP contribution in [0.4, 0.5) is 5.69 Å². The summed E-state index contributed by atoms with van der Waals surface area (Å²) in [6.45, 7) is 0.933. The molecule has 0 bridgehead atoms. The van der Waals surface area contributed by atoms with Gasteiger partial charge in [-0.05, 0) is 53.6 Å². The number of anilines is 1. The van der Waals surface area contributed by atoms with Crippen molar-refractivity contribution in [1.29, 1.82) is 0 Å². The number of ether oxygens (including phenoxy) is 2. The third-order valence-electron chi connectivity index (χ3n) is 4.94. The molecule has 0 aromatic heterocycles. The van der Waals surface area contributed by atoms with Crippen LogP contribution in [0, 0.1) is 0 Å². The van der Waals surface area contributed by atoms with Gasteiger partial charge in [-0.3, -0.25) is 9.10 Å². The Morgan fingerprint density at radius 3 is 2.34 bits per heavy atom. The molecular formula is C24H28N2O5S. The van der Waals surface area contributed by atoms with Crippen LogP contribution in [-0.4, -0.2) is 47.4 Å². The van der Waals surface area contributed by atoms with E-state index in [1.165, 1.54) is 10.6 Å². The Labute approximate surface area is 189 Å². The zero-order valence-corrected chi connectivity index (χ0v) is 19.1. The van der Waals surface area contributed by atoms with Crippen molar-refractivity contribution in [3.63, 3.8) is 0 Å². The van der Waals surface area contributed by atoms with E-state index in [0.717, 1.165) is 16.5 Å². The largest absolute Gasteiger partial charge is 0.497 e. The van der Waals surface area contributed by atoms with Gasteiger partial charge in [-0.15, -0.1) is 0 Å². The third-order valence-corrected chi connectivity index (χ3v) is 6.13. The number of carbonyl (C=O) groups is 1. The normalized spacial score (nSPS) is 11.2. The molecule has 3 aromatic rings. The average Bonchev–Trinajstić information content (AvgIpc) is 2.79. The number of nitrogens with zero attached hydrogens (tertiary/aromatic N) is 1. The standard InChI is InChI=1S/C24H28N2O5S/c1-30-22-11-13-23(14-12-22)31-17-15-25-24(27)8-5-16-26(32(2,28)29)21-10-9-19-6-3-4-7-20(19)18-21/h3-4,6-7,9-14,18H,5,8,15-17H2,1-2H3,(H,25,27). The highest BCUT2D eigenvalue weighted by Crippen LogP contribution is 2.24. The van der Waals surface area contributed by atoms with Gasteiger partial charge < -0.3 is 14.8 Å². The van der Waals surface area contributed by atoms with E-state index in [1.807, 2.05) is 36.4 Å². The number of amides is 1. The molecular weight excluding hydrogens is 428 g/mol. The molecule has 0 heterocycles. The first-order chi connectivity index (χ1) is 15.4. The summed E-state index contributed by atoms with van der Waals surface area (Å²) in [6, 6.07) is 20.5. The topological polar surface area (TPSA) is 84.9 Å². The minimum Gasteiger partial charge on any atom is -0.497 e. The van der Waals surface area contributed by atoms with Crippen LogP contribution in [0.25, 0.3) is 10.8 Å². The van der Waals surface area contributed by atoms with E-state index in [2.05, 4.69) is 5.32 Å². The van der Waals surface area contributed by atoms with Crippen molar-refractivity contribution in [1.82, 2.24) is 5.32 Å². The quantitative estimate of drug-likeness (QED) is 0.446. The molecule has 32 heavy (non-hydrogen) atoms. The van der Waals surface area contributed by atoms with Crippen LogP contribution in [0.5, 0.6) is 11.5 Å². The summed E-state index contributed by atoms with van der Waals surface area (Å²) < 4.78 is 36.7. The second kappa shape index (κ2) is 10.9. The van der Waals surface area contributed by atoms with Crippen molar-refractivity contribution in [3.05, 3.63) is 66.7 Å². The van der Waals surface area contributed by atoms with Crippen LogP contribution >= 0.6 is 0 Å². The van der Waals surface area contributed by atoms with E-state index < -0.39 is 10.0 Å². The first kappa shape index (κ1) is 23.4. The molecule has 0 saturated heterocycles. The fourth-order valence-electron chi connectivity index (χ4n) is 3.32. The summed E-state index contributed by atoms with van der Waals surface area (Å²) in [4.78, 5) is 12.1. The predicted molar refractivity (Wildman–Crippen MR) is 127 cm³/mol. The molecule has 0 unspecified atom stereocenters. The number of rotatable bonds is 11. The second-order valence-electron chi connectivity index (χ2n) is 7.34. The lowest BCUT2D eigenvalue weighted by atomic mass is 10.1. The maximum atomic E-state index is 12.3. The van der Waals surface area contributed by atoms with Crippen molar-refractivity contribution in [2.24, 2.45) is 0 Å². The summed E-state index contributed by atoms with van der Waals surface area (Å²) in [5, 5.41) is 4.80. The Morgan fingerprint density at radius 2 is 1.66 bits per heavy atom. The third kappa shape index (κ3) is 6.62. The van der Waals surface area contributed by atoms with Gasteiger partial charge in [0.05, 0.1) is 25.6 Å². The maximum Gasteiger partial charge on any atom is 0.232 e. The Hall–Kier alpha value is -3.26. The van der Waals surface area contributed by atoms with Crippen molar-refractivity contribution in [3.8, 4) is 11.5 Å². The molecule has 1 amide bonds. The smallest absolute Gasteiger partial charge is 0.232 e. The van der Waals surface area contributed by atoms with Crippen molar-refractivity contribution >= 4 is 32.4 Å². The number of hydrogen-bond donors (Lipinski definition) is 1. The molecule has 1 N–H and O–H groups in total. The molecule has 0 radical (unpaired) electrons. The zero-order valence-electron chi connectivity index (χ0n) is 18.3. The second-order valence-corrected chi connectivity index (χ2v) is 9.25. The Morgan fingerprint density at radius 1 is 0.969 bits per heavy atom. The highest BCUT2D eigenvalue weighted by atomic mass is 32.2. The predicted octanol–water partition coefficient (Wildman–Crippen LogP) is 3.59. The molecule has 3 aromatic carbocycles. The van der Waals surface area contributed by atoms with Crippen LogP contribution in [0.2, 0.25) is 0 Å². The molecule has 3 rings (SSSR count). The van der Waals surface area contributed by atoms with Crippen LogP contribution in [0.3, 0.4) is 0 Å².